The zero-order chi connectivity index (χ0) is 20.5. The number of carbonyl (C=O) groups is 1. The molecule has 0 spiro atoms. The summed E-state index contributed by atoms with van der Waals surface area (Å²) >= 11 is 0. The van der Waals surface area contributed by atoms with Crippen LogP contribution in [0.1, 0.15) is 53.9 Å². The van der Waals surface area contributed by atoms with Gasteiger partial charge in [0.05, 0.1) is 6.61 Å². The second-order valence-corrected chi connectivity index (χ2v) is 5.91. The van der Waals surface area contributed by atoms with E-state index in [1.54, 1.807) is 6.08 Å². The summed E-state index contributed by atoms with van der Waals surface area (Å²) in [6.45, 7) is 24.5. The Balaban J connectivity index is -0.000000312. The van der Waals surface area contributed by atoms with Crippen molar-refractivity contribution in [1.29, 1.82) is 0 Å². The summed E-state index contributed by atoms with van der Waals surface area (Å²) in [4.78, 5) is 11.4. The predicted octanol–water partition coefficient (Wildman–Crippen LogP) is 4.46. The first-order chi connectivity index (χ1) is 11.9. The molecule has 0 amide bonds. The quantitative estimate of drug-likeness (QED) is 0.174. The van der Waals surface area contributed by atoms with Gasteiger partial charge in [-0.3, -0.25) is 0 Å². The van der Waals surface area contributed by atoms with E-state index in [2.05, 4.69) is 46.8 Å². The van der Waals surface area contributed by atoms with Crippen molar-refractivity contribution in [3.63, 3.8) is 0 Å². The molecule has 26 heavy (non-hydrogen) atoms. The number of ether oxygens (including phenoxy) is 1. The van der Waals surface area contributed by atoms with Crippen molar-refractivity contribution in [3.8, 4) is 0 Å². The van der Waals surface area contributed by atoms with Crippen molar-refractivity contribution < 1.29 is 40.6 Å². The van der Waals surface area contributed by atoms with Gasteiger partial charge >= 0.3 is 39.9 Å². The van der Waals surface area contributed by atoms with E-state index >= 15 is 0 Å². The first-order valence-corrected chi connectivity index (χ1v) is 7.71. The Bertz CT molecular complexity index is 534. The first-order valence-electron chi connectivity index (χ1n) is 7.71. The van der Waals surface area contributed by atoms with Gasteiger partial charge in [0.15, 0.2) is 0 Å². The number of hydrogen-bond donors (Lipinski definition) is 0. The molecule has 0 N–H and O–H groups in total. The standard InChI is InChI=1S/C17H26O2.3CO.Fe/c1-6-19-16(18)12-13(2)9-10-15-14(3)8-7-11-17(15,4)5;3*1-2;/h9-10,12H,6-8,11H2,1-5H3;;;;/b10-9+,13-12+;;;;. The normalized spacial score (nSPS) is 14.8. The smallest absolute Gasteiger partial charge is 0 e. The van der Waals surface area contributed by atoms with Crippen molar-refractivity contribution in [3.05, 3.63) is 54.9 Å². The van der Waals surface area contributed by atoms with E-state index in [1.165, 1.54) is 30.4 Å². The molecule has 0 aliphatic heterocycles. The zero-order valence-electron chi connectivity index (χ0n) is 16.0. The van der Waals surface area contributed by atoms with Gasteiger partial charge in [0.25, 0.3) is 0 Å². The molecule has 1 aliphatic carbocycles. The van der Waals surface area contributed by atoms with Gasteiger partial charge in [-0.15, -0.1) is 0 Å². The number of carbonyl (C=O) groups excluding carboxylic acids is 1. The van der Waals surface area contributed by atoms with Crippen LogP contribution in [-0.4, -0.2) is 12.6 Å². The van der Waals surface area contributed by atoms with Crippen LogP contribution in [0.3, 0.4) is 0 Å². The maximum Gasteiger partial charge on any atom is 0 e. The van der Waals surface area contributed by atoms with Crippen LogP contribution in [0.25, 0.3) is 0 Å². The van der Waals surface area contributed by atoms with Gasteiger partial charge in [0.2, 0.25) is 0 Å². The van der Waals surface area contributed by atoms with E-state index in [0.29, 0.717) is 6.61 Å². The van der Waals surface area contributed by atoms with Gasteiger partial charge in [0.1, 0.15) is 0 Å². The minimum atomic E-state index is -0.266. The molecular weight excluding hydrogens is 376 g/mol. The number of allylic oxidation sites excluding steroid dienone is 5. The molecule has 0 saturated carbocycles. The average Bonchev–Trinajstić information content (AvgIpc) is 2.59. The summed E-state index contributed by atoms with van der Waals surface area (Å²) in [5, 5.41) is 0. The second kappa shape index (κ2) is 19.8. The van der Waals surface area contributed by atoms with Gasteiger partial charge in [-0.05, 0) is 56.6 Å². The Morgan fingerprint density at radius 3 is 2.12 bits per heavy atom. The molecule has 0 heterocycles. The summed E-state index contributed by atoms with van der Waals surface area (Å²) in [6, 6.07) is 0. The molecule has 6 heteroatoms. The molecule has 0 bridgehead atoms. The maximum atomic E-state index is 11.4. The summed E-state index contributed by atoms with van der Waals surface area (Å²) in [7, 11) is 0. The molecule has 0 fully saturated rings. The van der Waals surface area contributed by atoms with Gasteiger partial charge in [-0.25, -0.2) is 4.79 Å². The summed E-state index contributed by atoms with van der Waals surface area (Å²) in [5.41, 5.74) is 4.05. The summed E-state index contributed by atoms with van der Waals surface area (Å²) < 4.78 is 27.4. The molecule has 0 atom stereocenters. The molecule has 144 valence electrons. The van der Waals surface area contributed by atoms with Crippen molar-refractivity contribution in [2.75, 3.05) is 6.61 Å². The van der Waals surface area contributed by atoms with Crippen molar-refractivity contribution in [1.82, 2.24) is 0 Å². The monoisotopic (exact) mass is 402 g/mol. The number of hydrogen-bond acceptors (Lipinski definition) is 2. The van der Waals surface area contributed by atoms with Crippen LogP contribution in [0.15, 0.2) is 34.9 Å². The van der Waals surface area contributed by atoms with Crippen LogP contribution in [0.5, 0.6) is 0 Å². The third-order valence-electron chi connectivity index (χ3n) is 3.69. The fraction of sp³-hybridized carbons (Fsp3) is 0.500. The minimum absolute atomic E-state index is 0. The first kappa shape index (κ1) is 32.1. The van der Waals surface area contributed by atoms with Crippen LogP contribution in [0, 0.1) is 25.4 Å². The molecule has 0 aromatic carbocycles. The van der Waals surface area contributed by atoms with Crippen molar-refractivity contribution in [2.24, 2.45) is 5.41 Å². The molecule has 5 nitrogen and oxygen atoms in total. The SMILES string of the molecule is CCOC(=O)/C=C(C)/C=C/C1=C(C)CCCC1(C)C.[C-]#[O+].[C-]#[O+].[C-]#[O+].[Fe]. The molecule has 0 radical (unpaired) electrons. The Morgan fingerprint density at radius 1 is 1.19 bits per heavy atom. The number of esters is 1. The van der Waals surface area contributed by atoms with Gasteiger partial charge < -0.3 is 4.74 Å². The Kier molecular flexibility index (Phi) is 24.4. The molecule has 0 aromatic rings. The largest absolute Gasteiger partial charge is 0 e. The van der Waals surface area contributed by atoms with Gasteiger partial charge in [-0.2, -0.15) is 0 Å². The van der Waals surface area contributed by atoms with Crippen LogP contribution in [0.4, 0.5) is 0 Å². The van der Waals surface area contributed by atoms with Crippen molar-refractivity contribution in [2.45, 2.75) is 53.9 Å². The third-order valence-corrected chi connectivity index (χ3v) is 3.69. The zero-order valence-corrected chi connectivity index (χ0v) is 17.1. The van der Waals surface area contributed by atoms with E-state index in [4.69, 9.17) is 18.7 Å². The average molecular weight is 402 g/mol. The Morgan fingerprint density at radius 2 is 1.69 bits per heavy atom. The molecular formula is C20H26FeO5. The fourth-order valence-electron chi connectivity index (χ4n) is 2.64. The van der Waals surface area contributed by atoms with E-state index in [-0.39, 0.29) is 28.5 Å². The fourth-order valence-corrected chi connectivity index (χ4v) is 2.64. The second-order valence-electron chi connectivity index (χ2n) is 5.91. The van der Waals surface area contributed by atoms with Crippen LogP contribution < -0.4 is 0 Å². The maximum absolute atomic E-state index is 11.4. The molecule has 0 unspecified atom stereocenters. The molecule has 1 aliphatic rings. The van der Waals surface area contributed by atoms with E-state index in [0.717, 1.165) is 5.57 Å². The van der Waals surface area contributed by atoms with Crippen LogP contribution >= 0.6 is 0 Å². The summed E-state index contributed by atoms with van der Waals surface area (Å²) in [5.74, 6) is -0.266. The molecule has 1 rings (SSSR count). The van der Waals surface area contributed by atoms with Crippen LogP contribution in [-0.2, 0) is 40.6 Å². The predicted molar refractivity (Wildman–Crippen MR) is 91.7 cm³/mol. The topological polar surface area (TPSA) is 86.0 Å². The van der Waals surface area contributed by atoms with E-state index < -0.39 is 0 Å². The van der Waals surface area contributed by atoms with Gasteiger partial charge in [-0.1, -0.05) is 31.6 Å². The third kappa shape index (κ3) is 13.7. The molecule has 0 aromatic heterocycles. The Hall–Kier alpha value is -1.57. The van der Waals surface area contributed by atoms with Crippen molar-refractivity contribution >= 4 is 5.97 Å². The Labute approximate surface area is 167 Å². The van der Waals surface area contributed by atoms with E-state index in [9.17, 15) is 4.79 Å². The minimum Gasteiger partial charge on any atom is 0 e. The van der Waals surface area contributed by atoms with Gasteiger partial charge in [0, 0.05) is 23.1 Å². The molecule has 0 saturated heterocycles. The van der Waals surface area contributed by atoms with E-state index in [1.807, 2.05) is 19.9 Å². The number of rotatable bonds is 4. The van der Waals surface area contributed by atoms with Crippen LogP contribution in [0.2, 0.25) is 0 Å². The summed E-state index contributed by atoms with van der Waals surface area (Å²) in [6.07, 6.45) is 9.41.